The van der Waals surface area contributed by atoms with Crippen molar-refractivity contribution in [1.82, 2.24) is 0 Å². The minimum absolute atomic E-state index is 0.0922. The summed E-state index contributed by atoms with van der Waals surface area (Å²) >= 11 is 0. The number of hydrogen-bond donors (Lipinski definition) is 1. The normalized spacial score (nSPS) is 18.9. The van der Waals surface area contributed by atoms with Gasteiger partial charge in [-0.15, -0.1) is 0 Å². The number of aliphatic hydroxyl groups excluding tert-OH is 1. The van der Waals surface area contributed by atoms with Crippen LogP contribution in [0.3, 0.4) is 0 Å². The Hall–Kier alpha value is -4.06. The minimum Gasteiger partial charge on any atom is -0.507 e. The van der Waals surface area contributed by atoms with Gasteiger partial charge in [-0.3, -0.25) is 14.5 Å². The number of ether oxygens (including phenoxy) is 1. The first-order chi connectivity index (χ1) is 18.4. The van der Waals surface area contributed by atoms with Crippen LogP contribution >= 0.6 is 0 Å². The van der Waals surface area contributed by atoms with Gasteiger partial charge in [0.15, 0.2) is 0 Å². The molecule has 0 aliphatic carbocycles. The summed E-state index contributed by atoms with van der Waals surface area (Å²) in [7, 11) is 0. The highest BCUT2D eigenvalue weighted by molar-refractivity contribution is 6.51. The lowest BCUT2D eigenvalue weighted by Gasteiger charge is -2.27. The molecule has 6 heteroatoms. The highest BCUT2D eigenvalue weighted by atomic mass is 16.5. The molecular formula is C32H34N2O4. The number of aryl methyl sites for hydroxylation is 2. The van der Waals surface area contributed by atoms with E-state index in [0.717, 1.165) is 47.6 Å². The van der Waals surface area contributed by atoms with Crippen molar-refractivity contribution in [1.29, 1.82) is 0 Å². The van der Waals surface area contributed by atoms with Crippen LogP contribution in [0.5, 0.6) is 5.75 Å². The third kappa shape index (κ3) is 4.67. The van der Waals surface area contributed by atoms with Crippen LogP contribution in [0.1, 0.15) is 54.5 Å². The molecule has 2 fully saturated rings. The third-order valence-electron chi connectivity index (χ3n) is 7.44. The van der Waals surface area contributed by atoms with Crippen molar-refractivity contribution in [3.63, 3.8) is 0 Å². The van der Waals surface area contributed by atoms with Crippen LogP contribution in [0.25, 0.3) is 5.76 Å². The molecule has 0 radical (unpaired) electrons. The molecule has 3 aromatic carbocycles. The molecule has 196 valence electrons. The first kappa shape index (κ1) is 25.6. The zero-order valence-electron chi connectivity index (χ0n) is 22.2. The van der Waals surface area contributed by atoms with E-state index in [1.165, 1.54) is 17.7 Å². The summed E-state index contributed by atoms with van der Waals surface area (Å²) in [5.41, 5.74) is 4.89. The molecule has 2 heterocycles. The highest BCUT2D eigenvalue weighted by Crippen LogP contribution is 2.43. The van der Waals surface area contributed by atoms with Crippen LogP contribution < -0.4 is 14.5 Å². The quantitative estimate of drug-likeness (QED) is 0.229. The lowest BCUT2D eigenvalue weighted by Crippen LogP contribution is -2.29. The van der Waals surface area contributed by atoms with E-state index in [4.69, 9.17) is 4.74 Å². The molecule has 1 atom stereocenters. The smallest absolute Gasteiger partial charge is 0.300 e. The molecule has 2 saturated heterocycles. The van der Waals surface area contributed by atoms with Crippen LogP contribution in [0.4, 0.5) is 11.4 Å². The van der Waals surface area contributed by atoms with Gasteiger partial charge in [-0.05, 0) is 92.3 Å². The Labute approximate surface area is 224 Å². The second-order valence-corrected chi connectivity index (χ2v) is 10.1. The minimum atomic E-state index is -0.745. The fraction of sp³-hybridized carbons (Fsp3) is 0.312. The summed E-state index contributed by atoms with van der Waals surface area (Å²) < 4.78 is 5.78. The van der Waals surface area contributed by atoms with Crippen LogP contribution in [0, 0.1) is 13.8 Å². The largest absolute Gasteiger partial charge is 0.507 e. The van der Waals surface area contributed by atoms with E-state index in [1.54, 1.807) is 18.2 Å². The fourth-order valence-electron chi connectivity index (χ4n) is 5.41. The number of carbonyl (C=O) groups excluding carboxylic acids is 2. The predicted octanol–water partition coefficient (Wildman–Crippen LogP) is 6.32. The number of anilines is 2. The van der Waals surface area contributed by atoms with Gasteiger partial charge in [0, 0.05) is 30.0 Å². The second-order valence-electron chi connectivity index (χ2n) is 10.1. The third-order valence-corrected chi connectivity index (χ3v) is 7.44. The first-order valence-electron chi connectivity index (χ1n) is 13.4. The van der Waals surface area contributed by atoms with Crippen molar-refractivity contribution in [2.75, 3.05) is 29.5 Å². The molecule has 5 rings (SSSR count). The number of benzene rings is 3. The van der Waals surface area contributed by atoms with E-state index in [9.17, 15) is 14.7 Å². The number of rotatable bonds is 7. The van der Waals surface area contributed by atoms with Crippen molar-refractivity contribution in [2.24, 2.45) is 0 Å². The second kappa shape index (κ2) is 10.7. The number of ketones is 1. The topological polar surface area (TPSA) is 70.1 Å². The maximum Gasteiger partial charge on any atom is 0.300 e. The van der Waals surface area contributed by atoms with Gasteiger partial charge in [0.1, 0.15) is 11.5 Å². The van der Waals surface area contributed by atoms with Gasteiger partial charge in [-0.2, -0.15) is 0 Å². The molecule has 38 heavy (non-hydrogen) atoms. The van der Waals surface area contributed by atoms with Gasteiger partial charge in [0.2, 0.25) is 0 Å². The van der Waals surface area contributed by atoms with Crippen LogP contribution in [0.2, 0.25) is 0 Å². The summed E-state index contributed by atoms with van der Waals surface area (Å²) in [6.07, 6.45) is 3.24. The SMILES string of the molecule is CCCOc1ccc(/C(O)=C2\C(=O)C(=O)N(c3ccc(N4CCCC4)cc3)C2c2ccccc2C)cc1C. The Morgan fingerprint density at radius 2 is 1.61 bits per heavy atom. The first-order valence-corrected chi connectivity index (χ1v) is 13.4. The fourth-order valence-corrected chi connectivity index (χ4v) is 5.41. The number of nitrogens with zero attached hydrogens (tertiary/aromatic N) is 2. The van der Waals surface area contributed by atoms with Crippen LogP contribution in [0.15, 0.2) is 72.3 Å². The molecule has 0 saturated carbocycles. The molecule has 3 aromatic rings. The van der Waals surface area contributed by atoms with Crippen molar-refractivity contribution < 1.29 is 19.4 Å². The van der Waals surface area contributed by atoms with E-state index in [1.807, 2.05) is 69.3 Å². The van der Waals surface area contributed by atoms with Gasteiger partial charge < -0.3 is 14.7 Å². The molecule has 0 bridgehead atoms. The summed E-state index contributed by atoms with van der Waals surface area (Å²) in [5, 5.41) is 11.5. The molecule has 2 aliphatic rings. The number of aliphatic hydroxyl groups is 1. The van der Waals surface area contributed by atoms with E-state index in [-0.39, 0.29) is 11.3 Å². The van der Waals surface area contributed by atoms with E-state index in [0.29, 0.717) is 17.9 Å². The number of hydrogen-bond acceptors (Lipinski definition) is 5. The molecule has 1 amide bonds. The molecule has 1 N–H and O–H groups in total. The predicted molar refractivity (Wildman–Crippen MR) is 151 cm³/mol. The van der Waals surface area contributed by atoms with Gasteiger partial charge in [-0.25, -0.2) is 0 Å². The molecule has 1 unspecified atom stereocenters. The number of Topliss-reactive ketones (excluding diaryl/α,β-unsaturated/α-hetero) is 1. The zero-order chi connectivity index (χ0) is 26.8. The lowest BCUT2D eigenvalue weighted by atomic mass is 9.92. The van der Waals surface area contributed by atoms with Crippen LogP contribution in [-0.2, 0) is 9.59 Å². The van der Waals surface area contributed by atoms with Crippen molar-refractivity contribution in [3.8, 4) is 5.75 Å². The molecule has 0 spiro atoms. The summed E-state index contributed by atoms with van der Waals surface area (Å²) in [6.45, 7) is 8.54. The van der Waals surface area contributed by atoms with Gasteiger partial charge in [-0.1, -0.05) is 31.2 Å². The number of carbonyl (C=O) groups is 2. The zero-order valence-corrected chi connectivity index (χ0v) is 22.2. The average molecular weight is 511 g/mol. The Morgan fingerprint density at radius 1 is 0.921 bits per heavy atom. The Bertz CT molecular complexity index is 1390. The molecule has 0 aromatic heterocycles. The van der Waals surface area contributed by atoms with Crippen molar-refractivity contribution >= 4 is 28.8 Å². The van der Waals surface area contributed by atoms with E-state index in [2.05, 4.69) is 4.90 Å². The van der Waals surface area contributed by atoms with E-state index >= 15 is 0 Å². The standard InChI is InChI=1S/C32H34N2O4/c1-4-19-38-27-16-11-23(20-22(27)3)30(35)28-29(26-10-6-5-9-21(26)2)34(32(37)31(28)36)25-14-12-24(13-15-25)33-17-7-8-18-33/h5-6,9-16,20,29,35H,4,7-8,17-19H2,1-3H3/b30-28+. The molecule has 2 aliphatic heterocycles. The summed E-state index contributed by atoms with van der Waals surface area (Å²) in [4.78, 5) is 30.9. The van der Waals surface area contributed by atoms with E-state index < -0.39 is 17.7 Å². The van der Waals surface area contributed by atoms with Crippen LogP contribution in [-0.4, -0.2) is 36.5 Å². The summed E-state index contributed by atoms with van der Waals surface area (Å²) in [5.74, 6) is -0.785. The van der Waals surface area contributed by atoms with Crippen molar-refractivity contribution in [3.05, 3.63) is 94.6 Å². The Kier molecular flexibility index (Phi) is 7.23. The molecule has 6 nitrogen and oxygen atoms in total. The number of amides is 1. The van der Waals surface area contributed by atoms with Gasteiger partial charge in [0.25, 0.3) is 11.7 Å². The Morgan fingerprint density at radius 3 is 2.26 bits per heavy atom. The summed E-state index contributed by atoms with van der Waals surface area (Å²) in [6, 6.07) is 20.1. The average Bonchev–Trinajstić information content (AvgIpc) is 3.55. The highest BCUT2D eigenvalue weighted by Gasteiger charge is 2.47. The monoisotopic (exact) mass is 510 g/mol. The van der Waals surface area contributed by atoms with Crippen molar-refractivity contribution in [2.45, 2.75) is 46.1 Å². The Balaban J connectivity index is 1.60. The van der Waals surface area contributed by atoms with Gasteiger partial charge >= 0.3 is 0 Å². The maximum absolute atomic E-state index is 13.5. The maximum atomic E-state index is 13.5. The molecular weight excluding hydrogens is 476 g/mol. The van der Waals surface area contributed by atoms with Gasteiger partial charge in [0.05, 0.1) is 18.2 Å². The lowest BCUT2D eigenvalue weighted by molar-refractivity contribution is -0.132.